The van der Waals surface area contributed by atoms with Crippen molar-refractivity contribution in [2.24, 2.45) is 0 Å². The number of thiophene rings is 1. The predicted octanol–water partition coefficient (Wildman–Crippen LogP) is 0.768. The Morgan fingerprint density at radius 2 is 2.26 bits per heavy atom. The molecule has 0 aliphatic carbocycles. The van der Waals surface area contributed by atoms with Crippen LogP contribution >= 0.6 is 11.3 Å². The van der Waals surface area contributed by atoms with Crippen LogP contribution in [-0.2, 0) is 11.2 Å². The summed E-state index contributed by atoms with van der Waals surface area (Å²) in [6, 6.07) is 2.43. The average molecular weight is 286 g/mol. The largest absolute Gasteiger partial charge is 0.480 e. The molecule has 19 heavy (non-hydrogen) atoms. The van der Waals surface area contributed by atoms with Crippen molar-refractivity contribution in [3.63, 3.8) is 0 Å². The lowest BCUT2D eigenvalue weighted by molar-refractivity contribution is -0.139. The van der Waals surface area contributed by atoms with Gasteiger partial charge in [-0.25, -0.2) is 9.59 Å². The highest BCUT2D eigenvalue weighted by molar-refractivity contribution is 7.09. The van der Waals surface area contributed by atoms with Crippen LogP contribution in [0, 0.1) is 0 Å². The zero-order chi connectivity index (χ0) is 14.3. The van der Waals surface area contributed by atoms with Crippen molar-refractivity contribution < 1.29 is 19.8 Å². The van der Waals surface area contributed by atoms with Crippen molar-refractivity contribution >= 4 is 23.3 Å². The summed E-state index contributed by atoms with van der Waals surface area (Å²) in [5.74, 6) is -1.14. The number of hydrogen-bond donors (Lipinski definition) is 3. The van der Waals surface area contributed by atoms with E-state index in [0.29, 0.717) is 6.54 Å². The second-order valence-corrected chi connectivity index (χ2v) is 5.14. The lowest BCUT2D eigenvalue weighted by Gasteiger charge is -2.20. The molecule has 1 aromatic rings. The fourth-order valence-electron chi connectivity index (χ4n) is 1.48. The molecule has 0 fully saturated rings. The smallest absolute Gasteiger partial charge is 0.326 e. The van der Waals surface area contributed by atoms with Crippen molar-refractivity contribution in [3.05, 3.63) is 22.4 Å². The van der Waals surface area contributed by atoms with Crippen LogP contribution in [-0.4, -0.2) is 53.4 Å². The maximum atomic E-state index is 11.8. The molecule has 1 aromatic heterocycles. The molecule has 0 saturated heterocycles. The van der Waals surface area contributed by atoms with Crippen molar-refractivity contribution in [1.29, 1.82) is 0 Å². The maximum Gasteiger partial charge on any atom is 0.326 e. The second kappa shape index (κ2) is 7.75. The molecule has 2 amide bonds. The van der Waals surface area contributed by atoms with Crippen molar-refractivity contribution in [2.45, 2.75) is 18.9 Å². The second-order valence-electron chi connectivity index (χ2n) is 4.10. The Hall–Kier alpha value is -1.60. The summed E-state index contributed by atoms with van der Waals surface area (Å²) >= 11 is 1.62. The summed E-state index contributed by atoms with van der Waals surface area (Å²) in [7, 11) is 1.61. The van der Waals surface area contributed by atoms with Gasteiger partial charge in [0, 0.05) is 31.5 Å². The Labute approximate surface area is 115 Å². The SMILES string of the molecule is CN(CCc1cccs1)C(=O)N[C@@H](CCO)C(=O)O. The number of rotatable bonds is 7. The Kier molecular flexibility index (Phi) is 6.31. The van der Waals surface area contributed by atoms with Crippen LogP contribution in [0.4, 0.5) is 4.79 Å². The minimum Gasteiger partial charge on any atom is -0.480 e. The van der Waals surface area contributed by atoms with E-state index in [2.05, 4.69) is 5.32 Å². The normalized spacial score (nSPS) is 11.9. The Balaban J connectivity index is 2.40. The molecule has 0 aliphatic rings. The molecule has 0 bridgehead atoms. The number of carboxylic acids is 1. The van der Waals surface area contributed by atoms with Gasteiger partial charge >= 0.3 is 12.0 Å². The number of nitrogens with one attached hydrogen (secondary N) is 1. The molecular weight excluding hydrogens is 268 g/mol. The third-order valence-electron chi connectivity index (χ3n) is 2.63. The van der Waals surface area contributed by atoms with Gasteiger partial charge in [0.15, 0.2) is 0 Å². The highest BCUT2D eigenvalue weighted by Gasteiger charge is 2.20. The monoisotopic (exact) mass is 286 g/mol. The van der Waals surface area contributed by atoms with Crippen molar-refractivity contribution in [1.82, 2.24) is 10.2 Å². The number of aliphatic carboxylic acids is 1. The molecule has 0 radical (unpaired) electrons. The van der Waals surface area contributed by atoms with Crippen LogP contribution in [0.3, 0.4) is 0 Å². The van der Waals surface area contributed by atoms with Gasteiger partial charge in [-0.1, -0.05) is 6.07 Å². The van der Waals surface area contributed by atoms with Crippen LogP contribution in [0.1, 0.15) is 11.3 Å². The number of aliphatic hydroxyl groups is 1. The number of likely N-dealkylation sites (N-methyl/N-ethyl adjacent to an activating group) is 1. The third-order valence-corrected chi connectivity index (χ3v) is 3.57. The van der Waals surface area contributed by atoms with Crippen LogP contribution in [0.15, 0.2) is 17.5 Å². The van der Waals surface area contributed by atoms with E-state index in [4.69, 9.17) is 10.2 Å². The van der Waals surface area contributed by atoms with E-state index < -0.39 is 18.0 Å². The number of amides is 2. The van der Waals surface area contributed by atoms with Crippen LogP contribution < -0.4 is 5.32 Å². The Morgan fingerprint density at radius 3 is 2.79 bits per heavy atom. The Bertz CT molecular complexity index is 408. The quantitative estimate of drug-likeness (QED) is 0.690. The zero-order valence-corrected chi connectivity index (χ0v) is 11.5. The van der Waals surface area contributed by atoms with E-state index >= 15 is 0 Å². The van der Waals surface area contributed by atoms with E-state index in [9.17, 15) is 9.59 Å². The summed E-state index contributed by atoms with van der Waals surface area (Å²) in [6.07, 6.45) is 0.735. The first kappa shape index (κ1) is 15.5. The van der Waals surface area contributed by atoms with Crippen LogP contribution in [0.2, 0.25) is 0 Å². The molecule has 1 rings (SSSR count). The first-order valence-corrected chi connectivity index (χ1v) is 6.80. The van der Waals surface area contributed by atoms with E-state index in [-0.39, 0.29) is 13.0 Å². The predicted molar refractivity (Wildman–Crippen MR) is 72.3 cm³/mol. The van der Waals surface area contributed by atoms with Crippen LogP contribution in [0.25, 0.3) is 0 Å². The first-order valence-electron chi connectivity index (χ1n) is 5.92. The topological polar surface area (TPSA) is 89.9 Å². The number of urea groups is 1. The summed E-state index contributed by atoms with van der Waals surface area (Å²) < 4.78 is 0. The molecule has 1 atom stereocenters. The molecule has 0 aliphatic heterocycles. The highest BCUT2D eigenvalue weighted by Crippen LogP contribution is 2.09. The Morgan fingerprint density at radius 1 is 1.53 bits per heavy atom. The van der Waals surface area contributed by atoms with E-state index in [1.165, 1.54) is 9.78 Å². The average Bonchev–Trinajstić information content (AvgIpc) is 2.88. The van der Waals surface area contributed by atoms with E-state index in [1.807, 2.05) is 17.5 Å². The molecule has 7 heteroatoms. The van der Waals surface area contributed by atoms with Gasteiger partial charge < -0.3 is 20.4 Å². The maximum absolute atomic E-state index is 11.8. The minimum absolute atomic E-state index is 0.000161. The zero-order valence-electron chi connectivity index (χ0n) is 10.7. The van der Waals surface area contributed by atoms with Crippen molar-refractivity contribution in [2.75, 3.05) is 20.2 Å². The lowest BCUT2D eigenvalue weighted by Crippen LogP contribution is -2.47. The minimum atomic E-state index is -1.14. The van der Waals surface area contributed by atoms with E-state index in [0.717, 1.165) is 6.42 Å². The van der Waals surface area contributed by atoms with Gasteiger partial charge in [-0.3, -0.25) is 0 Å². The van der Waals surface area contributed by atoms with Gasteiger partial charge in [0.05, 0.1) is 0 Å². The van der Waals surface area contributed by atoms with E-state index in [1.54, 1.807) is 18.4 Å². The number of carboxylic acid groups (broad SMARTS) is 1. The lowest BCUT2D eigenvalue weighted by atomic mass is 10.2. The first-order chi connectivity index (χ1) is 9.04. The summed E-state index contributed by atoms with van der Waals surface area (Å²) in [6.45, 7) is 0.230. The van der Waals surface area contributed by atoms with Gasteiger partial charge in [-0.2, -0.15) is 0 Å². The number of aliphatic hydroxyl groups excluding tert-OH is 1. The molecule has 0 saturated carbocycles. The fourth-order valence-corrected chi connectivity index (χ4v) is 2.18. The van der Waals surface area contributed by atoms with Crippen LogP contribution in [0.5, 0.6) is 0 Å². The molecular formula is C12H18N2O4S. The molecule has 6 nitrogen and oxygen atoms in total. The number of carbonyl (C=O) groups is 2. The molecule has 3 N–H and O–H groups in total. The molecule has 0 unspecified atom stereocenters. The summed E-state index contributed by atoms with van der Waals surface area (Å²) in [5.41, 5.74) is 0. The van der Waals surface area contributed by atoms with Gasteiger partial charge in [0.2, 0.25) is 0 Å². The molecule has 0 aromatic carbocycles. The fraction of sp³-hybridized carbons (Fsp3) is 0.500. The standard InChI is InChI=1S/C12H18N2O4S/c1-14(6-4-9-3-2-8-19-9)12(18)13-10(5-7-15)11(16)17/h2-3,8,10,15H,4-7H2,1H3,(H,13,18)(H,16,17)/t10-/m0/s1. The number of hydrogen-bond acceptors (Lipinski definition) is 4. The van der Waals surface area contributed by atoms with Gasteiger partial charge in [0.25, 0.3) is 0 Å². The third kappa shape index (κ3) is 5.27. The number of nitrogens with zero attached hydrogens (tertiary/aromatic N) is 1. The van der Waals surface area contributed by atoms with Gasteiger partial charge in [0.1, 0.15) is 6.04 Å². The molecule has 1 heterocycles. The van der Waals surface area contributed by atoms with Gasteiger partial charge in [-0.15, -0.1) is 11.3 Å². The summed E-state index contributed by atoms with van der Waals surface area (Å²) in [4.78, 5) is 25.2. The molecule has 0 spiro atoms. The summed E-state index contributed by atoms with van der Waals surface area (Å²) in [5, 5.41) is 22.0. The molecule has 106 valence electrons. The number of carbonyl (C=O) groups excluding carboxylic acids is 1. The van der Waals surface area contributed by atoms with Crippen molar-refractivity contribution in [3.8, 4) is 0 Å². The highest BCUT2D eigenvalue weighted by atomic mass is 32.1. The van der Waals surface area contributed by atoms with Gasteiger partial charge in [-0.05, 0) is 17.9 Å².